The molecule has 4 unspecified atom stereocenters. The van der Waals surface area contributed by atoms with Gasteiger partial charge in [-0.15, -0.1) is 0 Å². The Morgan fingerprint density at radius 1 is 0.739 bits per heavy atom. The molecule has 0 rings (SSSR count). The number of carbonyl (C=O) groups is 1. The average molecular weight is 673 g/mol. The van der Waals surface area contributed by atoms with Crippen LogP contribution in [0.1, 0.15) is 149 Å². The zero-order valence-electron chi connectivity index (χ0n) is 29.2. The van der Waals surface area contributed by atoms with Gasteiger partial charge in [0.2, 0.25) is 5.91 Å². The molecule has 46 heavy (non-hydrogen) atoms. The molecule has 0 aromatic carbocycles. The molecular formula is C36H69N2O7P. The number of nitrogens with two attached hydrogens (primary N) is 1. The van der Waals surface area contributed by atoms with Crippen LogP contribution in [0.3, 0.4) is 0 Å². The number of rotatable bonds is 33. The summed E-state index contributed by atoms with van der Waals surface area (Å²) in [6.07, 6.45) is 32.5. The van der Waals surface area contributed by atoms with Gasteiger partial charge in [0, 0.05) is 6.54 Å². The van der Waals surface area contributed by atoms with Gasteiger partial charge in [0.15, 0.2) is 0 Å². The monoisotopic (exact) mass is 672 g/mol. The third-order valence-corrected chi connectivity index (χ3v) is 8.76. The molecule has 0 heterocycles. The average Bonchev–Trinajstić information content (AvgIpc) is 3.03. The summed E-state index contributed by atoms with van der Waals surface area (Å²) in [5.41, 5.74) is 5.33. The summed E-state index contributed by atoms with van der Waals surface area (Å²) < 4.78 is 21.9. The highest BCUT2D eigenvalue weighted by molar-refractivity contribution is 7.47. The molecule has 9 nitrogen and oxygen atoms in total. The van der Waals surface area contributed by atoms with Crippen LogP contribution in [0.2, 0.25) is 0 Å². The van der Waals surface area contributed by atoms with Crippen molar-refractivity contribution in [2.45, 2.75) is 167 Å². The Hall–Kier alpha value is -1.32. The number of allylic oxidation sites excluding steroid dienone is 4. The zero-order valence-corrected chi connectivity index (χ0v) is 30.1. The maximum Gasteiger partial charge on any atom is 0.472 e. The normalized spacial score (nSPS) is 15.5. The van der Waals surface area contributed by atoms with Crippen molar-refractivity contribution < 1.29 is 33.5 Å². The summed E-state index contributed by atoms with van der Waals surface area (Å²) in [6, 6.07) is -1.01. The number of phosphoric ester groups is 1. The van der Waals surface area contributed by atoms with Gasteiger partial charge in [-0.25, -0.2) is 4.57 Å². The summed E-state index contributed by atoms with van der Waals surface area (Å²) in [5.74, 6) is -0.516. The molecule has 0 spiro atoms. The van der Waals surface area contributed by atoms with E-state index >= 15 is 0 Å². The molecule has 4 atom stereocenters. The van der Waals surface area contributed by atoms with Gasteiger partial charge in [-0.05, 0) is 32.1 Å². The van der Waals surface area contributed by atoms with Gasteiger partial charge in [0.05, 0.1) is 37.9 Å². The van der Waals surface area contributed by atoms with Crippen LogP contribution >= 0.6 is 7.82 Å². The van der Waals surface area contributed by atoms with E-state index in [1.807, 2.05) is 12.2 Å². The first-order chi connectivity index (χ1) is 22.3. The molecule has 0 fully saturated rings. The second-order valence-corrected chi connectivity index (χ2v) is 13.7. The van der Waals surface area contributed by atoms with Gasteiger partial charge in [0.25, 0.3) is 0 Å². The lowest BCUT2D eigenvalue weighted by Crippen LogP contribution is -2.46. The second-order valence-electron chi connectivity index (χ2n) is 12.3. The van der Waals surface area contributed by atoms with Gasteiger partial charge in [-0.3, -0.25) is 13.8 Å². The quantitative estimate of drug-likeness (QED) is 0.0266. The summed E-state index contributed by atoms with van der Waals surface area (Å²) in [5, 5.41) is 23.7. The maximum absolute atomic E-state index is 12.7. The third-order valence-electron chi connectivity index (χ3n) is 7.77. The van der Waals surface area contributed by atoms with Crippen molar-refractivity contribution in [2.75, 3.05) is 19.8 Å². The Balaban J connectivity index is 4.60. The van der Waals surface area contributed by atoms with Crippen LogP contribution in [0.5, 0.6) is 0 Å². The Labute approximate surface area is 281 Å². The fourth-order valence-corrected chi connectivity index (χ4v) is 5.76. The fourth-order valence-electron chi connectivity index (χ4n) is 5.00. The number of aliphatic hydroxyl groups excluding tert-OH is 2. The van der Waals surface area contributed by atoms with Crippen molar-refractivity contribution in [3.8, 4) is 0 Å². The van der Waals surface area contributed by atoms with E-state index in [0.29, 0.717) is 6.42 Å². The standard InChI is InChI=1S/C36H69N2O7P/c1-3-5-7-9-11-13-15-16-18-20-22-24-26-28-35(40)34(32-45-46(42,43)44-30-29-37)38-36(41)31-33(39)27-25-23-21-19-17-14-12-10-8-6-4-2/h19,21,25-28,33-35,39-40H,3-18,20,22-24,29-32,37H2,1-2H3,(H,38,41)(H,42,43)/b21-19-,27-25-,28-26+. The highest BCUT2D eigenvalue weighted by Crippen LogP contribution is 2.43. The van der Waals surface area contributed by atoms with Crippen LogP contribution in [-0.4, -0.2) is 59.0 Å². The van der Waals surface area contributed by atoms with E-state index in [1.54, 1.807) is 12.2 Å². The van der Waals surface area contributed by atoms with Gasteiger partial charge in [-0.2, -0.15) is 0 Å². The second kappa shape index (κ2) is 32.2. The van der Waals surface area contributed by atoms with Crippen LogP contribution in [0.4, 0.5) is 0 Å². The van der Waals surface area contributed by atoms with E-state index in [1.165, 1.54) is 96.3 Å². The number of nitrogens with one attached hydrogen (secondary N) is 1. The summed E-state index contributed by atoms with van der Waals surface area (Å²) in [7, 11) is -4.40. The van der Waals surface area contributed by atoms with E-state index in [9.17, 15) is 24.5 Å². The predicted molar refractivity (Wildman–Crippen MR) is 190 cm³/mol. The first-order valence-corrected chi connectivity index (χ1v) is 19.7. The number of phosphoric acid groups is 1. The van der Waals surface area contributed by atoms with Crippen molar-refractivity contribution in [1.82, 2.24) is 5.32 Å². The van der Waals surface area contributed by atoms with E-state index < -0.39 is 38.6 Å². The van der Waals surface area contributed by atoms with E-state index in [4.69, 9.17) is 14.8 Å². The minimum Gasteiger partial charge on any atom is -0.389 e. The van der Waals surface area contributed by atoms with E-state index in [0.717, 1.165) is 25.7 Å². The van der Waals surface area contributed by atoms with Crippen molar-refractivity contribution in [2.24, 2.45) is 5.73 Å². The van der Waals surface area contributed by atoms with Crippen molar-refractivity contribution >= 4 is 13.7 Å². The van der Waals surface area contributed by atoms with Gasteiger partial charge in [0.1, 0.15) is 0 Å². The molecule has 1 amide bonds. The molecular weight excluding hydrogens is 603 g/mol. The molecule has 0 bridgehead atoms. The molecule has 0 aliphatic heterocycles. The Morgan fingerprint density at radius 3 is 1.80 bits per heavy atom. The molecule has 0 saturated carbocycles. The molecule has 0 aromatic rings. The number of carbonyl (C=O) groups excluding carboxylic acids is 1. The summed E-state index contributed by atoms with van der Waals surface area (Å²) in [6.45, 7) is 3.87. The SMILES string of the molecule is CCCCCCCC/C=C\C/C=C\C(O)CC(=O)NC(COP(=O)(O)OCCN)C(O)/C=C/CCCCCCCCCCCCC. The Morgan fingerprint density at radius 2 is 1.26 bits per heavy atom. The van der Waals surface area contributed by atoms with E-state index in [2.05, 4.69) is 31.3 Å². The lowest BCUT2D eigenvalue weighted by molar-refractivity contribution is -0.124. The van der Waals surface area contributed by atoms with Crippen LogP contribution < -0.4 is 11.1 Å². The fraction of sp³-hybridized carbons (Fsp3) is 0.806. The Kier molecular flexibility index (Phi) is 31.3. The topological polar surface area (TPSA) is 151 Å². The Bertz CT molecular complexity index is 837. The maximum atomic E-state index is 12.7. The number of amides is 1. The lowest BCUT2D eigenvalue weighted by Gasteiger charge is -2.23. The smallest absolute Gasteiger partial charge is 0.389 e. The van der Waals surface area contributed by atoms with Crippen molar-refractivity contribution in [1.29, 1.82) is 0 Å². The minimum atomic E-state index is -4.40. The zero-order chi connectivity index (χ0) is 34.1. The van der Waals surface area contributed by atoms with Gasteiger partial charge >= 0.3 is 7.82 Å². The molecule has 0 radical (unpaired) electrons. The summed E-state index contributed by atoms with van der Waals surface area (Å²) in [4.78, 5) is 22.5. The molecule has 0 aliphatic rings. The van der Waals surface area contributed by atoms with Crippen molar-refractivity contribution in [3.63, 3.8) is 0 Å². The lowest BCUT2D eigenvalue weighted by atomic mass is 10.0. The largest absolute Gasteiger partial charge is 0.472 e. The molecule has 270 valence electrons. The first kappa shape index (κ1) is 44.7. The van der Waals surface area contributed by atoms with Crippen LogP contribution in [0.25, 0.3) is 0 Å². The summed E-state index contributed by atoms with van der Waals surface area (Å²) >= 11 is 0. The predicted octanol–water partition coefficient (Wildman–Crippen LogP) is 8.19. The molecule has 0 aromatic heterocycles. The van der Waals surface area contributed by atoms with Crippen LogP contribution in [0.15, 0.2) is 36.5 Å². The molecule has 0 aliphatic carbocycles. The third kappa shape index (κ3) is 30.0. The minimum absolute atomic E-state index is 0.0405. The molecule has 6 N–H and O–H groups in total. The first-order valence-electron chi connectivity index (χ1n) is 18.2. The number of hydrogen-bond acceptors (Lipinski definition) is 7. The van der Waals surface area contributed by atoms with Gasteiger partial charge < -0.3 is 26.2 Å². The van der Waals surface area contributed by atoms with Gasteiger partial charge in [-0.1, -0.05) is 147 Å². The number of aliphatic hydroxyl groups is 2. The van der Waals surface area contributed by atoms with Crippen LogP contribution in [-0.2, 0) is 18.4 Å². The van der Waals surface area contributed by atoms with E-state index in [-0.39, 0.29) is 19.6 Å². The number of unbranched alkanes of at least 4 members (excludes halogenated alkanes) is 17. The highest BCUT2D eigenvalue weighted by atomic mass is 31.2. The molecule has 0 saturated heterocycles. The number of hydrogen-bond donors (Lipinski definition) is 5. The molecule has 10 heteroatoms. The highest BCUT2D eigenvalue weighted by Gasteiger charge is 2.27. The van der Waals surface area contributed by atoms with Crippen molar-refractivity contribution in [3.05, 3.63) is 36.5 Å². The van der Waals surface area contributed by atoms with Crippen LogP contribution in [0, 0.1) is 0 Å².